The minimum atomic E-state index is -0.694. The Morgan fingerprint density at radius 2 is 2.21 bits per heavy atom. The largest absolute Gasteiger partial charge is 0.497 e. The molecule has 1 amide bonds. The molecule has 1 unspecified atom stereocenters. The lowest BCUT2D eigenvalue weighted by molar-refractivity contribution is -0.117. The van der Waals surface area contributed by atoms with E-state index < -0.39 is 17.8 Å². The third-order valence-electron chi connectivity index (χ3n) is 2.63. The fourth-order valence-electron chi connectivity index (χ4n) is 1.53. The molecule has 0 aliphatic rings. The van der Waals surface area contributed by atoms with E-state index in [0.29, 0.717) is 25.2 Å². The first kappa shape index (κ1) is 15.4. The molecule has 0 radical (unpaired) electrons. The quantitative estimate of drug-likeness (QED) is 0.737. The molecule has 0 fully saturated rings. The number of rotatable bonds is 7. The monoisotopic (exact) mass is 270 g/mol. The van der Waals surface area contributed by atoms with E-state index in [-0.39, 0.29) is 5.69 Å². The lowest BCUT2D eigenvalue weighted by Crippen LogP contribution is -2.36. The molecule has 1 aromatic rings. The van der Waals surface area contributed by atoms with Crippen LogP contribution in [0.1, 0.15) is 12.8 Å². The number of nitrogens with two attached hydrogens (primary N) is 1. The fraction of sp³-hybridized carbons (Fsp3) is 0.462. The molecule has 0 spiro atoms. The molecule has 0 saturated carbocycles. The van der Waals surface area contributed by atoms with Gasteiger partial charge < -0.3 is 20.5 Å². The summed E-state index contributed by atoms with van der Waals surface area (Å²) in [6.45, 7) is 0.536. The summed E-state index contributed by atoms with van der Waals surface area (Å²) in [5.41, 5.74) is 5.77. The van der Waals surface area contributed by atoms with Crippen LogP contribution in [0.2, 0.25) is 0 Å². The summed E-state index contributed by atoms with van der Waals surface area (Å²) in [7, 11) is 3.05. The van der Waals surface area contributed by atoms with Gasteiger partial charge >= 0.3 is 0 Å². The lowest BCUT2D eigenvalue weighted by Gasteiger charge is -2.13. The number of hydrogen-bond donors (Lipinski definition) is 2. The Morgan fingerprint density at radius 1 is 1.47 bits per heavy atom. The number of amides is 1. The number of nitrogens with one attached hydrogen (secondary N) is 1. The van der Waals surface area contributed by atoms with Crippen LogP contribution in [0, 0.1) is 5.82 Å². The second-order valence-corrected chi connectivity index (χ2v) is 4.08. The molecular weight excluding hydrogens is 251 g/mol. The number of halogens is 1. The molecule has 106 valence electrons. The average Bonchev–Trinajstić information content (AvgIpc) is 2.41. The van der Waals surface area contributed by atoms with E-state index in [9.17, 15) is 9.18 Å². The molecule has 19 heavy (non-hydrogen) atoms. The highest BCUT2D eigenvalue weighted by Gasteiger charge is 2.15. The van der Waals surface area contributed by atoms with E-state index in [2.05, 4.69) is 5.32 Å². The van der Waals surface area contributed by atoms with Crippen LogP contribution < -0.4 is 15.8 Å². The highest BCUT2D eigenvalue weighted by atomic mass is 19.1. The van der Waals surface area contributed by atoms with Gasteiger partial charge in [-0.3, -0.25) is 4.79 Å². The SMILES string of the molecule is COCCCC(N)C(=O)Nc1cc(OC)ccc1F. The van der Waals surface area contributed by atoms with Crippen molar-refractivity contribution in [2.24, 2.45) is 5.73 Å². The minimum absolute atomic E-state index is 0.0616. The molecule has 0 aliphatic carbocycles. The van der Waals surface area contributed by atoms with Gasteiger partial charge in [0.05, 0.1) is 18.8 Å². The predicted octanol–water partition coefficient (Wildman–Crippen LogP) is 1.53. The predicted molar refractivity (Wildman–Crippen MR) is 70.7 cm³/mol. The Kier molecular flexibility index (Phi) is 6.24. The molecule has 0 aliphatic heterocycles. The first-order chi connectivity index (χ1) is 9.08. The van der Waals surface area contributed by atoms with Crippen LogP contribution >= 0.6 is 0 Å². The van der Waals surface area contributed by atoms with E-state index in [1.54, 1.807) is 7.11 Å². The van der Waals surface area contributed by atoms with Crippen LogP contribution in [-0.4, -0.2) is 32.8 Å². The zero-order valence-electron chi connectivity index (χ0n) is 11.1. The van der Waals surface area contributed by atoms with E-state index >= 15 is 0 Å². The maximum atomic E-state index is 13.5. The normalized spacial score (nSPS) is 12.0. The maximum absolute atomic E-state index is 13.5. The van der Waals surface area contributed by atoms with Crippen molar-refractivity contribution in [2.45, 2.75) is 18.9 Å². The van der Waals surface area contributed by atoms with Gasteiger partial charge in [0, 0.05) is 19.8 Å². The van der Waals surface area contributed by atoms with Crippen molar-refractivity contribution < 1.29 is 18.7 Å². The fourth-order valence-corrected chi connectivity index (χ4v) is 1.53. The number of carbonyl (C=O) groups excluding carboxylic acids is 1. The van der Waals surface area contributed by atoms with Crippen molar-refractivity contribution in [1.82, 2.24) is 0 Å². The topological polar surface area (TPSA) is 73.6 Å². The zero-order valence-corrected chi connectivity index (χ0v) is 11.1. The van der Waals surface area contributed by atoms with Crippen LogP contribution in [-0.2, 0) is 9.53 Å². The zero-order chi connectivity index (χ0) is 14.3. The molecule has 0 heterocycles. The van der Waals surface area contributed by atoms with Crippen molar-refractivity contribution >= 4 is 11.6 Å². The van der Waals surface area contributed by atoms with Crippen molar-refractivity contribution in [3.05, 3.63) is 24.0 Å². The molecule has 0 aromatic heterocycles. The summed E-state index contributed by atoms with van der Waals surface area (Å²) in [6.07, 6.45) is 1.15. The highest BCUT2D eigenvalue weighted by molar-refractivity contribution is 5.94. The second-order valence-electron chi connectivity index (χ2n) is 4.08. The highest BCUT2D eigenvalue weighted by Crippen LogP contribution is 2.21. The number of anilines is 1. The van der Waals surface area contributed by atoms with Gasteiger partial charge in [0.25, 0.3) is 0 Å². The molecule has 1 atom stereocenters. The Hall–Kier alpha value is -1.66. The third-order valence-corrected chi connectivity index (χ3v) is 2.63. The first-order valence-corrected chi connectivity index (χ1v) is 5.97. The molecule has 3 N–H and O–H groups in total. The van der Waals surface area contributed by atoms with Gasteiger partial charge in [-0.2, -0.15) is 0 Å². The number of methoxy groups -OCH3 is 2. The number of hydrogen-bond acceptors (Lipinski definition) is 4. The minimum Gasteiger partial charge on any atom is -0.497 e. The summed E-state index contributed by atoms with van der Waals surface area (Å²) in [6, 6.07) is 3.42. The molecule has 0 saturated heterocycles. The van der Waals surface area contributed by atoms with Crippen LogP contribution in [0.15, 0.2) is 18.2 Å². The van der Waals surface area contributed by atoms with Crippen molar-refractivity contribution in [2.75, 3.05) is 26.1 Å². The van der Waals surface area contributed by atoms with Gasteiger partial charge in [-0.25, -0.2) is 4.39 Å². The molecule has 0 bridgehead atoms. The molecule has 1 rings (SSSR count). The molecular formula is C13H19FN2O3. The smallest absolute Gasteiger partial charge is 0.241 e. The second kappa shape index (κ2) is 7.70. The number of carbonyl (C=O) groups is 1. The Morgan fingerprint density at radius 3 is 2.84 bits per heavy atom. The van der Waals surface area contributed by atoms with Crippen molar-refractivity contribution in [1.29, 1.82) is 0 Å². The Balaban J connectivity index is 2.60. The molecule has 5 nitrogen and oxygen atoms in total. The molecule has 6 heteroatoms. The van der Waals surface area contributed by atoms with Gasteiger partial charge in [-0.05, 0) is 25.0 Å². The summed E-state index contributed by atoms with van der Waals surface area (Å²) in [4.78, 5) is 11.8. The van der Waals surface area contributed by atoms with Crippen LogP contribution in [0.5, 0.6) is 5.75 Å². The van der Waals surface area contributed by atoms with E-state index in [0.717, 1.165) is 0 Å². The Bertz CT molecular complexity index is 426. The van der Waals surface area contributed by atoms with Gasteiger partial charge in [0.1, 0.15) is 11.6 Å². The van der Waals surface area contributed by atoms with Crippen LogP contribution in [0.3, 0.4) is 0 Å². The van der Waals surface area contributed by atoms with Crippen molar-refractivity contribution in [3.63, 3.8) is 0 Å². The summed E-state index contributed by atoms with van der Waals surface area (Å²) < 4.78 is 23.3. The first-order valence-electron chi connectivity index (χ1n) is 5.97. The summed E-state index contributed by atoms with van der Waals surface area (Å²) >= 11 is 0. The van der Waals surface area contributed by atoms with Gasteiger partial charge in [-0.1, -0.05) is 0 Å². The average molecular weight is 270 g/mol. The van der Waals surface area contributed by atoms with Crippen LogP contribution in [0.4, 0.5) is 10.1 Å². The number of benzene rings is 1. The van der Waals surface area contributed by atoms with Gasteiger partial charge in [0.2, 0.25) is 5.91 Å². The Labute approximate surface area is 111 Å². The van der Waals surface area contributed by atoms with Gasteiger partial charge in [-0.15, -0.1) is 0 Å². The summed E-state index contributed by atoms with van der Waals surface area (Å²) in [5, 5.41) is 2.45. The van der Waals surface area contributed by atoms with E-state index in [1.165, 1.54) is 25.3 Å². The summed E-state index contributed by atoms with van der Waals surface area (Å²) in [5.74, 6) is -0.494. The lowest BCUT2D eigenvalue weighted by atomic mass is 10.1. The maximum Gasteiger partial charge on any atom is 0.241 e. The number of ether oxygens (including phenoxy) is 2. The molecule has 1 aromatic carbocycles. The third kappa shape index (κ3) is 4.84. The van der Waals surface area contributed by atoms with Crippen molar-refractivity contribution in [3.8, 4) is 5.75 Å². The van der Waals surface area contributed by atoms with E-state index in [1.807, 2.05) is 0 Å². The standard InChI is InChI=1S/C13H19FN2O3/c1-18-7-3-4-11(15)13(17)16-12-8-9(19-2)5-6-10(12)14/h5-6,8,11H,3-4,7,15H2,1-2H3,(H,16,17). The van der Waals surface area contributed by atoms with Gasteiger partial charge in [0.15, 0.2) is 0 Å². The van der Waals surface area contributed by atoms with E-state index in [4.69, 9.17) is 15.2 Å². The van der Waals surface area contributed by atoms with Crippen LogP contribution in [0.25, 0.3) is 0 Å².